The van der Waals surface area contributed by atoms with E-state index >= 15 is 0 Å². The highest BCUT2D eigenvalue weighted by molar-refractivity contribution is 8.04. The molecule has 17 heavy (non-hydrogen) atoms. The largest absolute Gasteiger partial charge is 0.497 e. The van der Waals surface area contributed by atoms with Gasteiger partial charge in [0, 0.05) is 24.4 Å². The number of rotatable bonds is 4. The molecule has 0 aromatic heterocycles. The minimum Gasteiger partial charge on any atom is -0.497 e. The lowest BCUT2D eigenvalue weighted by Crippen LogP contribution is -2.13. The van der Waals surface area contributed by atoms with E-state index in [9.17, 15) is 0 Å². The lowest BCUT2D eigenvalue weighted by molar-refractivity contribution is 0.377. The summed E-state index contributed by atoms with van der Waals surface area (Å²) in [6.45, 7) is 0.788. The van der Waals surface area contributed by atoms with Crippen LogP contribution in [0.3, 0.4) is 0 Å². The molecule has 0 aliphatic carbocycles. The summed E-state index contributed by atoms with van der Waals surface area (Å²) in [5.41, 5.74) is 1.12. The van der Waals surface area contributed by atoms with Gasteiger partial charge in [-0.25, -0.2) is 0 Å². The Morgan fingerprint density at radius 3 is 2.76 bits per heavy atom. The second-order valence-corrected chi connectivity index (χ2v) is 5.25. The molecule has 92 valence electrons. The monoisotopic (exact) mass is 271 g/mol. The third kappa shape index (κ3) is 3.01. The molecule has 2 rings (SSSR count). The van der Waals surface area contributed by atoms with E-state index in [0.29, 0.717) is 0 Å². The molecule has 0 atom stereocenters. The van der Waals surface area contributed by atoms with Crippen molar-refractivity contribution in [2.24, 2.45) is 0 Å². The summed E-state index contributed by atoms with van der Waals surface area (Å²) in [5.74, 6) is 2.52. The zero-order valence-electron chi connectivity index (χ0n) is 9.77. The first-order valence-electron chi connectivity index (χ1n) is 5.18. The maximum Gasteiger partial charge on any atom is 0.127 e. The Kier molecular flexibility index (Phi) is 4.07. The fourth-order valence-electron chi connectivity index (χ4n) is 1.66. The van der Waals surface area contributed by atoms with E-state index in [1.165, 1.54) is 0 Å². The van der Waals surface area contributed by atoms with Gasteiger partial charge in [-0.1, -0.05) is 23.4 Å². The SMILES string of the molecule is COc1ccc(CN2C=C(Cl)SC2)c(OC)c1. The van der Waals surface area contributed by atoms with E-state index < -0.39 is 0 Å². The number of methoxy groups -OCH3 is 2. The highest BCUT2D eigenvalue weighted by Crippen LogP contribution is 2.32. The van der Waals surface area contributed by atoms with Crippen LogP contribution >= 0.6 is 23.4 Å². The van der Waals surface area contributed by atoms with E-state index in [1.807, 2.05) is 24.4 Å². The lowest BCUT2D eigenvalue weighted by atomic mass is 10.2. The zero-order valence-corrected chi connectivity index (χ0v) is 11.3. The standard InChI is InChI=1S/C12H14ClNO2S/c1-15-10-4-3-9(11(5-10)16-2)6-14-7-12(13)17-8-14/h3-5,7H,6,8H2,1-2H3. The minimum absolute atomic E-state index is 0.788. The quantitative estimate of drug-likeness (QED) is 0.838. The van der Waals surface area contributed by atoms with Gasteiger partial charge in [0.05, 0.1) is 24.5 Å². The summed E-state index contributed by atoms with van der Waals surface area (Å²) in [6.07, 6.45) is 1.95. The first-order chi connectivity index (χ1) is 8.22. The van der Waals surface area contributed by atoms with Crippen LogP contribution in [-0.4, -0.2) is 25.0 Å². The predicted octanol–water partition coefficient (Wildman–Crippen LogP) is 3.25. The number of benzene rings is 1. The average molecular weight is 272 g/mol. The fraction of sp³-hybridized carbons (Fsp3) is 0.333. The van der Waals surface area contributed by atoms with Gasteiger partial charge in [0.15, 0.2) is 0 Å². The van der Waals surface area contributed by atoms with Gasteiger partial charge >= 0.3 is 0 Å². The third-order valence-electron chi connectivity index (χ3n) is 2.52. The topological polar surface area (TPSA) is 21.7 Å². The zero-order chi connectivity index (χ0) is 12.3. The number of ether oxygens (including phenoxy) is 2. The van der Waals surface area contributed by atoms with E-state index in [-0.39, 0.29) is 0 Å². The lowest BCUT2D eigenvalue weighted by Gasteiger charge is -2.17. The molecular formula is C12H14ClNO2S. The van der Waals surface area contributed by atoms with Gasteiger partial charge in [-0.05, 0) is 12.1 Å². The molecular weight excluding hydrogens is 258 g/mol. The molecule has 0 unspecified atom stereocenters. The Morgan fingerprint density at radius 1 is 1.35 bits per heavy atom. The summed E-state index contributed by atoms with van der Waals surface area (Å²) in [6, 6.07) is 5.85. The highest BCUT2D eigenvalue weighted by Gasteiger charge is 2.14. The van der Waals surface area contributed by atoms with Crippen molar-refractivity contribution >= 4 is 23.4 Å². The van der Waals surface area contributed by atoms with Crippen molar-refractivity contribution in [1.29, 1.82) is 0 Å². The number of thioether (sulfide) groups is 1. The molecule has 0 saturated heterocycles. The Bertz CT molecular complexity index is 437. The molecule has 3 nitrogen and oxygen atoms in total. The van der Waals surface area contributed by atoms with Crippen LogP contribution in [-0.2, 0) is 6.54 Å². The molecule has 1 aromatic rings. The normalized spacial score (nSPS) is 14.8. The number of hydrogen-bond acceptors (Lipinski definition) is 4. The van der Waals surface area contributed by atoms with Crippen molar-refractivity contribution in [3.8, 4) is 11.5 Å². The molecule has 1 aliphatic rings. The van der Waals surface area contributed by atoms with Crippen molar-refractivity contribution in [3.05, 3.63) is 34.3 Å². The first kappa shape index (κ1) is 12.5. The number of halogens is 1. The summed E-state index contributed by atoms with van der Waals surface area (Å²) in [5, 5.41) is 0. The van der Waals surface area contributed by atoms with Gasteiger partial charge in [-0.2, -0.15) is 0 Å². The summed E-state index contributed by atoms with van der Waals surface area (Å²) in [4.78, 5) is 2.15. The van der Waals surface area contributed by atoms with Gasteiger partial charge in [-0.3, -0.25) is 0 Å². The molecule has 1 aromatic carbocycles. The van der Waals surface area contributed by atoms with Crippen molar-refractivity contribution < 1.29 is 9.47 Å². The van der Waals surface area contributed by atoms with Gasteiger partial charge in [-0.15, -0.1) is 0 Å². The maximum atomic E-state index is 5.93. The van der Waals surface area contributed by atoms with Crippen LogP contribution < -0.4 is 9.47 Å². The van der Waals surface area contributed by atoms with Crippen molar-refractivity contribution in [2.75, 3.05) is 20.1 Å². The van der Waals surface area contributed by atoms with Crippen LogP contribution in [0.2, 0.25) is 0 Å². The maximum absolute atomic E-state index is 5.93. The molecule has 0 amide bonds. The Morgan fingerprint density at radius 2 is 2.18 bits per heavy atom. The molecule has 0 radical (unpaired) electrons. The van der Waals surface area contributed by atoms with E-state index in [1.54, 1.807) is 26.0 Å². The van der Waals surface area contributed by atoms with Crippen LogP contribution in [0.15, 0.2) is 28.8 Å². The molecule has 0 N–H and O–H groups in total. The van der Waals surface area contributed by atoms with Gasteiger partial charge in [0.25, 0.3) is 0 Å². The molecule has 0 bridgehead atoms. The van der Waals surface area contributed by atoms with Crippen LogP contribution in [0.25, 0.3) is 0 Å². The van der Waals surface area contributed by atoms with E-state index in [0.717, 1.165) is 33.8 Å². The third-order valence-corrected chi connectivity index (χ3v) is 3.79. The van der Waals surface area contributed by atoms with Crippen LogP contribution in [0, 0.1) is 0 Å². The highest BCUT2D eigenvalue weighted by atomic mass is 35.5. The molecule has 1 heterocycles. The molecule has 0 spiro atoms. The van der Waals surface area contributed by atoms with Crippen molar-refractivity contribution in [1.82, 2.24) is 4.90 Å². The summed E-state index contributed by atoms with van der Waals surface area (Å²) in [7, 11) is 3.31. The Balaban J connectivity index is 2.15. The molecule has 1 aliphatic heterocycles. The average Bonchev–Trinajstić information content (AvgIpc) is 2.75. The van der Waals surface area contributed by atoms with Gasteiger partial charge in [0.2, 0.25) is 0 Å². The predicted molar refractivity (Wildman–Crippen MR) is 71.5 cm³/mol. The second kappa shape index (κ2) is 5.56. The first-order valence-corrected chi connectivity index (χ1v) is 6.54. The Hall–Kier alpha value is -1.00. The smallest absolute Gasteiger partial charge is 0.127 e. The second-order valence-electron chi connectivity index (χ2n) is 3.63. The van der Waals surface area contributed by atoms with Crippen LogP contribution in [0.5, 0.6) is 11.5 Å². The number of nitrogens with zero attached hydrogens (tertiary/aromatic N) is 1. The molecule has 5 heteroatoms. The number of hydrogen-bond donors (Lipinski definition) is 0. The summed E-state index contributed by atoms with van der Waals surface area (Å²) < 4.78 is 11.4. The van der Waals surface area contributed by atoms with E-state index in [2.05, 4.69) is 4.90 Å². The van der Waals surface area contributed by atoms with Gasteiger partial charge < -0.3 is 14.4 Å². The van der Waals surface area contributed by atoms with Gasteiger partial charge in [0.1, 0.15) is 11.5 Å². The van der Waals surface area contributed by atoms with Crippen LogP contribution in [0.1, 0.15) is 5.56 Å². The van der Waals surface area contributed by atoms with Crippen molar-refractivity contribution in [3.63, 3.8) is 0 Å². The van der Waals surface area contributed by atoms with Crippen molar-refractivity contribution in [2.45, 2.75) is 6.54 Å². The molecule has 0 saturated carbocycles. The summed E-state index contributed by atoms with van der Waals surface area (Å²) >= 11 is 7.56. The minimum atomic E-state index is 0.788. The van der Waals surface area contributed by atoms with E-state index in [4.69, 9.17) is 21.1 Å². The fourth-order valence-corrected chi connectivity index (χ4v) is 2.62. The van der Waals surface area contributed by atoms with Crippen LogP contribution in [0.4, 0.5) is 0 Å². The molecule has 0 fully saturated rings. The Labute approximate surface area is 110 Å².